The molecule has 218 valence electrons. The van der Waals surface area contributed by atoms with E-state index in [1.54, 1.807) is 4.90 Å². The Balaban J connectivity index is 1.12. The standard InChI is InChI=1S/C31H31Cl2N5O2S2/c32-26-10-9-21(15-27(26)33)18-37-13-11-23(12-14-37)35-29(39)20-42-31-36-28(19-41-31)22-5-4-8-25(16-22)38(30(40)17-34)24-6-2-1-3-7-24/h1-10,15-16,19,23H,11-14,17-18,20,34H2,(H,35,39). The molecule has 11 heteroatoms. The van der Waals surface area contributed by atoms with Gasteiger partial charge < -0.3 is 11.1 Å². The van der Waals surface area contributed by atoms with Gasteiger partial charge >= 0.3 is 0 Å². The van der Waals surface area contributed by atoms with Gasteiger partial charge in [0.1, 0.15) is 0 Å². The van der Waals surface area contributed by atoms with Gasteiger partial charge in [-0.25, -0.2) is 4.98 Å². The number of amides is 2. The minimum absolute atomic E-state index is 0.0143. The number of nitrogens with two attached hydrogens (primary N) is 1. The van der Waals surface area contributed by atoms with E-state index in [1.807, 2.05) is 78.2 Å². The van der Waals surface area contributed by atoms with Gasteiger partial charge in [0.05, 0.1) is 28.0 Å². The van der Waals surface area contributed by atoms with E-state index in [0.29, 0.717) is 15.8 Å². The lowest BCUT2D eigenvalue weighted by Crippen LogP contribution is -2.44. The van der Waals surface area contributed by atoms with Gasteiger partial charge in [0, 0.05) is 48.0 Å². The molecule has 1 saturated heterocycles. The van der Waals surface area contributed by atoms with E-state index in [0.717, 1.165) is 65.0 Å². The first-order chi connectivity index (χ1) is 20.4. The maximum absolute atomic E-state index is 12.7. The van der Waals surface area contributed by atoms with Crippen molar-refractivity contribution < 1.29 is 9.59 Å². The van der Waals surface area contributed by atoms with Crippen molar-refractivity contribution in [3.8, 4) is 11.3 Å². The maximum Gasteiger partial charge on any atom is 0.245 e. The molecule has 1 aromatic heterocycles. The molecule has 0 saturated carbocycles. The second-order valence-corrected chi connectivity index (χ2v) is 12.9. The van der Waals surface area contributed by atoms with Crippen LogP contribution in [0.5, 0.6) is 0 Å². The fourth-order valence-electron chi connectivity index (χ4n) is 4.89. The third-order valence-corrected chi connectivity index (χ3v) is 9.75. The normalized spacial score (nSPS) is 14.1. The van der Waals surface area contributed by atoms with Gasteiger partial charge in [-0.1, -0.05) is 71.4 Å². The lowest BCUT2D eigenvalue weighted by Gasteiger charge is -2.32. The molecular formula is C31H31Cl2N5O2S2. The van der Waals surface area contributed by atoms with Crippen LogP contribution in [0.25, 0.3) is 11.3 Å². The lowest BCUT2D eigenvalue weighted by molar-refractivity contribution is -0.119. The SMILES string of the molecule is NCC(=O)N(c1ccccc1)c1cccc(-c2csc(SCC(=O)NC3CCN(Cc4ccc(Cl)c(Cl)c4)CC3)n2)c1. The van der Waals surface area contributed by atoms with Crippen molar-refractivity contribution in [1.82, 2.24) is 15.2 Å². The van der Waals surface area contributed by atoms with Crippen LogP contribution in [0.3, 0.4) is 0 Å². The number of piperidine rings is 1. The van der Waals surface area contributed by atoms with Gasteiger partial charge in [0.15, 0.2) is 4.34 Å². The van der Waals surface area contributed by atoms with Crippen molar-refractivity contribution in [1.29, 1.82) is 0 Å². The molecule has 4 aromatic rings. The molecule has 3 N–H and O–H groups in total. The predicted molar refractivity (Wildman–Crippen MR) is 174 cm³/mol. The number of likely N-dealkylation sites (tertiary alicyclic amines) is 1. The van der Waals surface area contributed by atoms with Crippen LogP contribution in [0.15, 0.2) is 82.5 Å². The van der Waals surface area contributed by atoms with E-state index in [9.17, 15) is 9.59 Å². The highest BCUT2D eigenvalue weighted by molar-refractivity contribution is 8.01. The summed E-state index contributed by atoms with van der Waals surface area (Å²) in [6.45, 7) is 2.53. The Labute approximate surface area is 264 Å². The Morgan fingerprint density at radius 3 is 2.50 bits per heavy atom. The van der Waals surface area contributed by atoms with Crippen LogP contribution in [-0.4, -0.2) is 53.1 Å². The number of benzene rings is 3. The van der Waals surface area contributed by atoms with Crippen molar-refractivity contribution in [2.24, 2.45) is 5.73 Å². The first-order valence-corrected chi connectivity index (χ1v) is 16.2. The zero-order chi connectivity index (χ0) is 29.5. The molecule has 0 radical (unpaired) electrons. The minimum atomic E-state index is -0.198. The quantitative estimate of drug-likeness (QED) is 0.190. The molecule has 0 spiro atoms. The molecule has 1 fully saturated rings. The monoisotopic (exact) mass is 639 g/mol. The Kier molecular flexibility index (Phi) is 10.5. The molecule has 3 aromatic carbocycles. The molecule has 0 unspecified atom stereocenters. The number of carbonyl (C=O) groups is 2. The number of hydrogen-bond donors (Lipinski definition) is 2. The Bertz CT molecular complexity index is 1530. The average Bonchev–Trinajstić information content (AvgIpc) is 3.49. The zero-order valence-electron chi connectivity index (χ0n) is 22.8. The number of thiazole rings is 1. The van der Waals surface area contributed by atoms with E-state index < -0.39 is 0 Å². The third kappa shape index (κ3) is 7.92. The highest BCUT2D eigenvalue weighted by Gasteiger charge is 2.22. The fraction of sp³-hybridized carbons (Fsp3) is 0.258. The van der Waals surface area contributed by atoms with Crippen LogP contribution in [-0.2, 0) is 16.1 Å². The first-order valence-electron chi connectivity index (χ1n) is 13.6. The maximum atomic E-state index is 12.7. The summed E-state index contributed by atoms with van der Waals surface area (Å²) in [7, 11) is 0. The second-order valence-electron chi connectivity index (χ2n) is 9.97. The van der Waals surface area contributed by atoms with Crippen LogP contribution >= 0.6 is 46.3 Å². The Morgan fingerprint density at radius 2 is 1.76 bits per heavy atom. The molecule has 7 nitrogen and oxygen atoms in total. The van der Waals surface area contributed by atoms with Crippen LogP contribution in [0.1, 0.15) is 18.4 Å². The van der Waals surface area contributed by atoms with Crippen molar-refractivity contribution in [3.05, 3.63) is 93.8 Å². The van der Waals surface area contributed by atoms with Gasteiger partial charge in [0.25, 0.3) is 0 Å². The van der Waals surface area contributed by atoms with Crippen LogP contribution in [0, 0.1) is 0 Å². The molecule has 5 rings (SSSR count). The number of thioether (sulfide) groups is 1. The van der Waals surface area contributed by atoms with Gasteiger partial charge in [-0.2, -0.15) is 0 Å². The first kappa shape index (κ1) is 30.5. The van der Waals surface area contributed by atoms with Crippen molar-refractivity contribution in [3.63, 3.8) is 0 Å². The van der Waals surface area contributed by atoms with E-state index in [-0.39, 0.29) is 24.4 Å². The third-order valence-electron chi connectivity index (χ3n) is 6.99. The predicted octanol–water partition coefficient (Wildman–Crippen LogP) is 6.61. The summed E-state index contributed by atoms with van der Waals surface area (Å²) >= 11 is 15.1. The number of aromatic nitrogens is 1. The smallest absolute Gasteiger partial charge is 0.245 e. The van der Waals surface area contributed by atoms with Gasteiger partial charge in [-0.3, -0.25) is 19.4 Å². The van der Waals surface area contributed by atoms with E-state index in [1.165, 1.54) is 23.1 Å². The highest BCUT2D eigenvalue weighted by atomic mass is 35.5. The summed E-state index contributed by atoms with van der Waals surface area (Å²) in [5.74, 6) is 0.125. The van der Waals surface area contributed by atoms with Crippen molar-refractivity contribution in [2.45, 2.75) is 29.8 Å². The van der Waals surface area contributed by atoms with Gasteiger partial charge in [-0.05, 0) is 54.8 Å². The minimum Gasteiger partial charge on any atom is -0.353 e. The molecule has 1 aliphatic rings. The van der Waals surface area contributed by atoms with Crippen LogP contribution in [0.2, 0.25) is 10.0 Å². The zero-order valence-corrected chi connectivity index (χ0v) is 26.0. The number of rotatable bonds is 10. The average molecular weight is 641 g/mol. The van der Waals surface area contributed by atoms with Crippen LogP contribution in [0.4, 0.5) is 11.4 Å². The lowest BCUT2D eigenvalue weighted by atomic mass is 10.0. The van der Waals surface area contributed by atoms with Crippen LogP contribution < -0.4 is 16.0 Å². The number of anilines is 2. The van der Waals surface area contributed by atoms with Crippen molar-refractivity contribution in [2.75, 3.05) is 30.3 Å². The Hall–Kier alpha value is -2.92. The topological polar surface area (TPSA) is 91.6 Å². The molecule has 2 amide bonds. The number of para-hydroxylation sites is 1. The van der Waals surface area contributed by atoms with E-state index in [4.69, 9.17) is 33.9 Å². The molecule has 0 aliphatic carbocycles. The van der Waals surface area contributed by atoms with E-state index in [2.05, 4.69) is 10.2 Å². The van der Waals surface area contributed by atoms with Gasteiger partial charge in [0.2, 0.25) is 11.8 Å². The number of carbonyl (C=O) groups excluding carboxylic acids is 2. The van der Waals surface area contributed by atoms with Gasteiger partial charge in [-0.15, -0.1) is 11.3 Å². The molecule has 42 heavy (non-hydrogen) atoms. The van der Waals surface area contributed by atoms with E-state index >= 15 is 0 Å². The number of halogens is 2. The summed E-state index contributed by atoms with van der Waals surface area (Å²) in [5, 5.41) is 6.29. The number of nitrogens with one attached hydrogen (secondary N) is 1. The second kappa shape index (κ2) is 14.5. The summed E-state index contributed by atoms with van der Waals surface area (Å²) < 4.78 is 0.819. The summed E-state index contributed by atoms with van der Waals surface area (Å²) in [4.78, 5) is 34.1. The largest absolute Gasteiger partial charge is 0.353 e. The fourth-order valence-corrected chi connectivity index (χ4v) is 6.86. The summed E-state index contributed by atoms with van der Waals surface area (Å²) in [6, 6.07) is 23.0. The highest BCUT2D eigenvalue weighted by Crippen LogP contribution is 2.32. The number of nitrogens with zero attached hydrogens (tertiary/aromatic N) is 3. The summed E-state index contributed by atoms with van der Waals surface area (Å²) in [6.07, 6.45) is 1.81. The van der Waals surface area contributed by atoms with Crippen molar-refractivity contribution >= 4 is 69.5 Å². The molecule has 0 atom stereocenters. The molecular weight excluding hydrogens is 609 g/mol. The molecule has 1 aliphatic heterocycles. The molecule has 0 bridgehead atoms. The Morgan fingerprint density at radius 1 is 1.00 bits per heavy atom. The number of hydrogen-bond acceptors (Lipinski definition) is 7. The summed E-state index contributed by atoms with van der Waals surface area (Å²) in [5.41, 5.74) is 10.0. The molecule has 2 heterocycles.